The van der Waals surface area contributed by atoms with E-state index in [1.165, 1.54) is 18.4 Å². The minimum absolute atomic E-state index is 0.0180. The third kappa shape index (κ3) is 5.00. The van der Waals surface area contributed by atoms with Gasteiger partial charge in [0.25, 0.3) is 5.91 Å². The number of rotatable bonds is 5. The van der Waals surface area contributed by atoms with Gasteiger partial charge in [0.05, 0.1) is 28.4 Å². The Morgan fingerprint density at radius 3 is 2.37 bits per heavy atom. The molecule has 200 valence electrons. The quantitative estimate of drug-likeness (QED) is 0.409. The Bertz CT molecular complexity index is 1590. The topological polar surface area (TPSA) is 136 Å². The summed E-state index contributed by atoms with van der Waals surface area (Å²) in [6.45, 7) is 9.23. The summed E-state index contributed by atoms with van der Waals surface area (Å²) < 4.78 is 31.8. The summed E-state index contributed by atoms with van der Waals surface area (Å²) in [4.78, 5) is 24.4. The largest absolute Gasteiger partial charge is 0.474 e. The smallest absolute Gasteiger partial charge is 0.257 e. The highest BCUT2D eigenvalue weighted by Crippen LogP contribution is 2.29. The van der Waals surface area contributed by atoms with Crippen LogP contribution in [0.15, 0.2) is 41.6 Å². The minimum Gasteiger partial charge on any atom is -0.474 e. The van der Waals surface area contributed by atoms with Crippen molar-refractivity contribution < 1.29 is 17.9 Å². The number of aromatic nitrogens is 6. The van der Waals surface area contributed by atoms with Crippen molar-refractivity contribution in [2.75, 3.05) is 19.3 Å². The fourth-order valence-electron chi connectivity index (χ4n) is 4.68. The van der Waals surface area contributed by atoms with Gasteiger partial charge in [0, 0.05) is 43.4 Å². The number of amides is 1. The van der Waals surface area contributed by atoms with Crippen molar-refractivity contribution in [1.29, 1.82) is 0 Å². The van der Waals surface area contributed by atoms with E-state index in [1.54, 1.807) is 24.5 Å². The predicted octanol–water partition coefficient (Wildman–Crippen LogP) is 3.37. The number of aromatic amines is 1. The second kappa shape index (κ2) is 9.50. The molecule has 0 atom stereocenters. The van der Waals surface area contributed by atoms with Crippen LogP contribution < -0.4 is 4.74 Å². The molecule has 38 heavy (non-hydrogen) atoms. The highest BCUT2D eigenvalue weighted by atomic mass is 32.2. The molecule has 1 amide bonds. The first-order chi connectivity index (χ1) is 17.9. The van der Waals surface area contributed by atoms with Gasteiger partial charge in [0.1, 0.15) is 11.5 Å². The Balaban J connectivity index is 1.31. The summed E-state index contributed by atoms with van der Waals surface area (Å²) in [5, 5.41) is 12.0. The van der Waals surface area contributed by atoms with Crippen LogP contribution in [0.4, 0.5) is 0 Å². The van der Waals surface area contributed by atoms with E-state index in [0.717, 1.165) is 5.69 Å². The van der Waals surface area contributed by atoms with Gasteiger partial charge in [-0.1, -0.05) is 0 Å². The average Bonchev–Trinajstić information content (AvgIpc) is 3.50. The Morgan fingerprint density at radius 2 is 1.76 bits per heavy atom. The van der Waals surface area contributed by atoms with Gasteiger partial charge in [-0.3, -0.25) is 14.6 Å². The van der Waals surface area contributed by atoms with Gasteiger partial charge in [-0.2, -0.15) is 15.2 Å². The molecule has 1 aromatic carbocycles. The molecule has 1 N–H and O–H groups in total. The Kier molecular flexibility index (Phi) is 6.46. The average molecular weight is 538 g/mol. The SMILES string of the molecule is Cc1c(C(=O)N2CCC(Oc3nc(-c4ccc(S(C)(=O)=O)cc4)nc4[nH]ncc34)CC2)cnn1C(C)(C)C. The van der Waals surface area contributed by atoms with Gasteiger partial charge in [-0.25, -0.2) is 13.4 Å². The fraction of sp³-hybridized carbons (Fsp3) is 0.423. The van der Waals surface area contributed by atoms with Crippen LogP contribution in [0.2, 0.25) is 0 Å². The maximum Gasteiger partial charge on any atom is 0.257 e. The number of hydrogen-bond donors (Lipinski definition) is 1. The molecular weight excluding hydrogens is 506 g/mol. The van der Waals surface area contributed by atoms with E-state index >= 15 is 0 Å². The molecule has 3 aromatic heterocycles. The summed E-state index contributed by atoms with van der Waals surface area (Å²) in [5.74, 6) is 0.782. The Morgan fingerprint density at radius 1 is 1.08 bits per heavy atom. The summed E-state index contributed by atoms with van der Waals surface area (Å²) in [6, 6.07) is 6.41. The van der Waals surface area contributed by atoms with Gasteiger partial charge < -0.3 is 9.64 Å². The van der Waals surface area contributed by atoms with Crippen molar-refractivity contribution in [3.05, 3.63) is 47.9 Å². The molecule has 1 aliphatic rings. The maximum atomic E-state index is 13.2. The monoisotopic (exact) mass is 537 g/mol. The van der Waals surface area contributed by atoms with Crippen LogP contribution in [-0.2, 0) is 15.4 Å². The third-order valence-corrected chi connectivity index (χ3v) is 7.83. The summed E-state index contributed by atoms with van der Waals surface area (Å²) >= 11 is 0. The zero-order chi connectivity index (χ0) is 27.2. The van der Waals surface area contributed by atoms with E-state index in [4.69, 9.17) is 4.74 Å². The number of nitrogens with zero attached hydrogens (tertiary/aromatic N) is 6. The van der Waals surface area contributed by atoms with Gasteiger partial charge >= 0.3 is 0 Å². The molecule has 1 saturated heterocycles. The van der Waals surface area contributed by atoms with Crippen LogP contribution in [0.5, 0.6) is 5.88 Å². The van der Waals surface area contributed by atoms with E-state index < -0.39 is 9.84 Å². The van der Waals surface area contributed by atoms with Crippen LogP contribution in [-0.4, -0.2) is 74.6 Å². The zero-order valence-corrected chi connectivity index (χ0v) is 22.9. The van der Waals surface area contributed by atoms with Crippen LogP contribution in [0, 0.1) is 6.92 Å². The molecule has 0 saturated carbocycles. The second-order valence-corrected chi connectivity index (χ2v) is 12.6. The van der Waals surface area contributed by atoms with Crippen LogP contribution in [0.1, 0.15) is 49.7 Å². The lowest BCUT2D eigenvalue weighted by Gasteiger charge is -2.32. The lowest BCUT2D eigenvalue weighted by molar-refractivity contribution is 0.0590. The molecular formula is C26H31N7O4S. The Labute approximate surface area is 221 Å². The molecule has 12 heteroatoms. The van der Waals surface area contributed by atoms with E-state index in [-0.39, 0.29) is 22.4 Å². The lowest BCUT2D eigenvalue weighted by atomic mass is 10.1. The van der Waals surface area contributed by atoms with E-state index in [2.05, 4.69) is 46.0 Å². The molecule has 0 aliphatic carbocycles. The summed E-state index contributed by atoms with van der Waals surface area (Å²) in [6.07, 6.45) is 5.62. The first-order valence-corrected chi connectivity index (χ1v) is 14.3. The predicted molar refractivity (Wildman–Crippen MR) is 142 cm³/mol. The normalized spacial score (nSPS) is 15.2. The minimum atomic E-state index is -3.31. The number of ether oxygens (including phenoxy) is 1. The molecule has 5 rings (SSSR count). The van der Waals surface area contributed by atoms with Crippen molar-refractivity contribution in [1.82, 2.24) is 34.8 Å². The molecule has 0 radical (unpaired) electrons. The van der Waals surface area contributed by atoms with E-state index in [1.807, 2.05) is 16.5 Å². The molecule has 11 nitrogen and oxygen atoms in total. The molecule has 1 aliphatic heterocycles. The maximum absolute atomic E-state index is 13.2. The van der Waals surface area contributed by atoms with Crippen molar-refractivity contribution in [2.45, 2.75) is 57.1 Å². The fourth-order valence-corrected chi connectivity index (χ4v) is 5.31. The molecule has 1 fully saturated rings. The first kappa shape index (κ1) is 25.8. The second-order valence-electron chi connectivity index (χ2n) is 10.6. The summed E-state index contributed by atoms with van der Waals surface area (Å²) in [7, 11) is -3.31. The standard InChI is InChI=1S/C26H31N7O4S/c1-16-20(15-28-33(16)26(2,3)4)25(34)32-12-10-18(11-13-32)37-24-21-14-27-31-23(21)29-22(30-24)17-6-8-19(9-7-17)38(5,35)36/h6-9,14-15,18H,10-13H2,1-5H3,(H,27,29,30,31). The van der Waals surface area contributed by atoms with Crippen LogP contribution in [0.3, 0.4) is 0 Å². The number of hydrogen-bond acceptors (Lipinski definition) is 8. The molecule has 4 aromatic rings. The van der Waals surface area contributed by atoms with Gasteiger partial charge in [-0.05, 0) is 52.0 Å². The van der Waals surface area contributed by atoms with Gasteiger partial charge in [0.15, 0.2) is 21.3 Å². The molecule has 0 bridgehead atoms. The zero-order valence-electron chi connectivity index (χ0n) is 22.1. The number of sulfone groups is 1. The number of piperidine rings is 1. The van der Waals surface area contributed by atoms with E-state index in [9.17, 15) is 13.2 Å². The number of carbonyl (C=O) groups is 1. The molecule has 0 unspecified atom stereocenters. The number of nitrogens with one attached hydrogen (secondary N) is 1. The number of benzene rings is 1. The number of fused-ring (bicyclic) bond motifs is 1. The van der Waals surface area contributed by atoms with Gasteiger partial charge in [-0.15, -0.1) is 0 Å². The molecule has 0 spiro atoms. The lowest BCUT2D eigenvalue weighted by Crippen LogP contribution is -2.42. The summed E-state index contributed by atoms with van der Waals surface area (Å²) in [5.41, 5.74) is 2.47. The number of H-pyrrole nitrogens is 1. The number of likely N-dealkylation sites (tertiary alicyclic amines) is 1. The van der Waals surface area contributed by atoms with Crippen molar-refractivity contribution >= 4 is 26.8 Å². The van der Waals surface area contributed by atoms with Crippen molar-refractivity contribution in [3.8, 4) is 17.3 Å². The molecule has 4 heterocycles. The van der Waals surface area contributed by atoms with Crippen LogP contribution in [0.25, 0.3) is 22.4 Å². The van der Waals surface area contributed by atoms with Crippen LogP contribution >= 0.6 is 0 Å². The van der Waals surface area contributed by atoms with E-state index in [0.29, 0.717) is 59.8 Å². The highest BCUT2D eigenvalue weighted by molar-refractivity contribution is 7.90. The van der Waals surface area contributed by atoms with Crippen molar-refractivity contribution in [3.63, 3.8) is 0 Å². The highest BCUT2D eigenvalue weighted by Gasteiger charge is 2.29. The first-order valence-electron chi connectivity index (χ1n) is 12.4. The third-order valence-electron chi connectivity index (χ3n) is 6.70. The van der Waals surface area contributed by atoms with Crippen molar-refractivity contribution in [2.24, 2.45) is 0 Å². The Hall–Kier alpha value is -3.80. The number of carbonyl (C=O) groups excluding carboxylic acids is 1. The van der Waals surface area contributed by atoms with Gasteiger partial charge in [0.2, 0.25) is 5.88 Å².